The zero-order valence-corrected chi connectivity index (χ0v) is 10.4. The molecule has 1 fully saturated rings. The summed E-state index contributed by atoms with van der Waals surface area (Å²) in [5, 5.41) is 6.36. The molecule has 1 aliphatic rings. The van der Waals surface area contributed by atoms with Crippen LogP contribution in [0.3, 0.4) is 0 Å². The molecule has 1 atom stereocenters. The molecule has 1 unspecified atom stereocenters. The monoisotopic (exact) mass is 212 g/mol. The van der Waals surface area contributed by atoms with Crippen molar-refractivity contribution in [1.82, 2.24) is 10.6 Å². The summed E-state index contributed by atoms with van der Waals surface area (Å²) in [5.41, 5.74) is -0.112. The van der Waals surface area contributed by atoms with E-state index in [1.165, 1.54) is 12.8 Å². The molecule has 88 valence electrons. The van der Waals surface area contributed by atoms with Crippen molar-refractivity contribution in [1.29, 1.82) is 0 Å². The molecule has 1 amide bonds. The Kier molecular flexibility index (Phi) is 4.14. The molecule has 3 nitrogen and oxygen atoms in total. The van der Waals surface area contributed by atoms with Crippen LogP contribution in [0.4, 0.5) is 0 Å². The standard InChI is InChI=1S/C12H24N2O/c1-9(10-5-6-10)13-8-7-11(15)14-12(2,3)4/h9-10,13H,5-8H2,1-4H3,(H,14,15). The lowest BCUT2D eigenvalue weighted by Gasteiger charge is -2.21. The van der Waals surface area contributed by atoms with Crippen molar-refractivity contribution in [2.75, 3.05) is 6.54 Å². The van der Waals surface area contributed by atoms with Gasteiger partial charge in [0.05, 0.1) is 0 Å². The van der Waals surface area contributed by atoms with Gasteiger partial charge in [0.2, 0.25) is 5.91 Å². The maximum atomic E-state index is 11.5. The van der Waals surface area contributed by atoms with Crippen LogP contribution in [0, 0.1) is 5.92 Å². The second kappa shape index (κ2) is 4.97. The van der Waals surface area contributed by atoms with Gasteiger partial charge in [0, 0.05) is 24.5 Å². The van der Waals surface area contributed by atoms with Gasteiger partial charge in [-0.15, -0.1) is 0 Å². The third-order valence-electron chi connectivity index (χ3n) is 2.66. The second-order valence-electron chi connectivity index (χ2n) is 5.63. The van der Waals surface area contributed by atoms with Gasteiger partial charge in [0.15, 0.2) is 0 Å². The molecule has 0 heterocycles. The highest BCUT2D eigenvalue weighted by Crippen LogP contribution is 2.32. The lowest BCUT2D eigenvalue weighted by Crippen LogP contribution is -2.42. The first kappa shape index (κ1) is 12.5. The normalized spacial score (nSPS) is 18.7. The van der Waals surface area contributed by atoms with Crippen LogP contribution in [-0.2, 0) is 4.79 Å². The maximum absolute atomic E-state index is 11.5. The van der Waals surface area contributed by atoms with E-state index >= 15 is 0 Å². The quantitative estimate of drug-likeness (QED) is 0.728. The summed E-state index contributed by atoms with van der Waals surface area (Å²) in [6, 6.07) is 0.576. The Morgan fingerprint density at radius 1 is 1.40 bits per heavy atom. The summed E-state index contributed by atoms with van der Waals surface area (Å²) in [5.74, 6) is 0.994. The van der Waals surface area contributed by atoms with Crippen LogP contribution in [0.25, 0.3) is 0 Å². The molecule has 1 saturated carbocycles. The third-order valence-corrected chi connectivity index (χ3v) is 2.66. The van der Waals surface area contributed by atoms with E-state index in [1.807, 2.05) is 20.8 Å². The molecule has 0 aliphatic heterocycles. The van der Waals surface area contributed by atoms with Crippen molar-refractivity contribution in [2.45, 2.75) is 58.5 Å². The number of carbonyl (C=O) groups is 1. The average Bonchev–Trinajstić information content (AvgIpc) is 2.81. The van der Waals surface area contributed by atoms with Crippen LogP contribution in [-0.4, -0.2) is 24.0 Å². The molecular weight excluding hydrogens is 188 g/mol. The highest BCUT2D eigenvalue weighted by Gasteiger charge is 2.27. The van der Waals surface area contributed by atoms with Crippen molar-refractivity contribution in [3.63, 3.8) is 0 Å². The minimum Gasteiger partial charge on any atom is -0.351 e. The molecule has 0 aromatic rings. The van der Waals surface area contributed by atoms with Crippen LogP contribution < -0.4 is 10.6 Å². The van der Waals surface area contributed by atoms with Gasteiger partial charge in [0.25, 0.3) is 0 Å². The van der Waals surface area contributed by atoms with Gasteiger partial charge in [-0.3, -0.25) is 4.79 Å². The number of amides is 1. The molecule has 1 rings (SSSR count). The van der Waals surface area contributed by atoms with Crippen molar-refractivity contribution in [3.8, 4) is 0 Å². The SMILES string of the molecule is CC(NCCC(=O)NC(C)(C)C)C1CC1. The highest BCUT2D eigenvalue weighted by atomic mass is 16.1. The van der Waals surface area contributed by atoms with Gasteiger partial charge >= 0.3 is 0 Å². The Bertz CT molecular complexity index is 216. The zero-order valence-electron chi connectivity index (χ0n) is 10.4. The van der Waals surface area contributed by atoms with E-state index in [-0.39, 0.29) is 11.4 Å². The van der Waals surface area contributed by atoms with E-state index in [2.05, 4.69) is 17.6 Å². The first-order chi connectivity index (χ1) is 6.88. The Hall–Kier alpha value is -0.570. The Morgan fingerprint density at radius 2 is 2.00 bits per heavy atom. The molecule has 0 bridgehead atoms. The maximum Gasteiger partial charge on any atom is 0.221 e. The molecule has 0 spiro atoms. The number of hydrogen-bond donors (Lipinski definition) is 2. The smallest absolute Gasteiger partial charge is 0.221 e. The Morgan fingerprint density at radius 3 is 2.47 bits per heavy atom. The van der Waals surface area contributed by atoms with E-state index in [4.69, 9.17) is 0 Å². The van der Waals surface area contributed by atoms with Crippen LogP contribution in [0.15, 0.2) is 0 Å². The molecule has 1 aliphatic carbocycles. The van der Waals surface area contributed by atoms with Crippen molar-refractivity contribution in [2.24, 2.45) is 5.92 Å². The number of hydrogen-bond acceptors (Lipinski definition) is 2. The zero-order chi connectivity index (χ0) is 11.5. The fourth-order valence-corrected chi connectivity index (χ4v) is 1.66. The van der Waals surface area contributed by atoms with E-state index in [1.54, 1.807) is 0 Å². The molecule has 0 aromatic heterocycles. The van der Waals surface area contributed by atoms with E-state index in [0.717, 1.165) is 12.5 Å². The fraction of sp³-hybridized carbons (Fsp3) is 0.917. The van der Waals surface area contributed by atoms with E-state index < -0.39 is 0 Å². The third kappa shape index (κ3) is 5.78. The lowest BCUT2D eigenvalue weighted by molar-refractivity contribution is -0.122. The lowest BCUT2D eigenvalue weighted by atomic mass is 10.1. The number of carbonyl (C=O) groups excluding carboxylic acids is 1. The van der Waals surface area contributed by atoms with E-state index in [0.29, 0.717) is 12.5 Å². The summed E-state index contributed by atoms with van der Waals surface area (Å²) >= 11 is 0. The largest absolute Gasteiger partial charge is 0.351 e. The first-order valence-corrected chi connectivity index (χ1v) is 5.93. The summed E-state index contributed by atoms with van der Waals surface area (Å²) in [6.45, 7) is 9.01. The van der Waals surface area contributed by atoms with Crippen molar-refractivity contribution >= 4 is 5.91 Å². The fourth-order valence-electron chi connectivity index (χ4n) is 1.66. The van der Waals surface area contributed by atoms with Crippen LogP contribution in [0.1, 0.15) is 47.0 Å². The van der Waals surface area contributed by atoms with Gasteiger partial charge in [-0.2, -0.15) is 0 Å². The predicted molar refractivity (Wildman–Crippen MR) is 62.7 cm³/mol. The van der Waals surface area contributed by atoms with E-state index in [9.17, 15) is 4.79 Å². The molecule has 15 heavy (non-hydrogen) atoms. The Labute approximate surface area is 93.0 Å². The highest BCUT2D eigenvalue weighted by molar-refractivity contribution is 5.76. The first-order valence-electron chi connectivity index (χ1n) is 5.93. The molecule has 2 N–H and O–H groups in total. The molecule has 3 heteroatoms. The minimum absolute atomic E-state index is 0.112. The van der Waals surface area contributed by atoms with Gasteiger partial charge in [-0.25, -0.2) is 0 Å². The van der Waals surface area contributed by atoms with Gasteiger partial charge in [0.1, 0.15) is 0 Å². The average molecular weight is 212 g/mol. The summed E-state index contributed by atoms with van der Waals surface area (Å²) in [7, 11) is 0. The van der Waals surface area contributed by atoms with Crippen molar-refractivity contribution < 1.29 is 4.79 Å². The van der Waals surface area contributed by atoms with Crippen molar-refractivity contribution in [3.05, 3.63) is 0 Å². The van der Waals surface area contributed by atoms with Crippen LogP contribution in [0.5, 0.6) is 0 Å². The predicted octanol–water partition coefficient (Wildman–Crippen LogP) is 1.68. The van der Waals surface area contributed by atoms with Crippen LogP contribution >= 0.6 is 0 Å². The minimum atomic E-state index is -0.112. The number of rotatable bonds is 5. The topological polar surface area (TPSA) is 41.1 Å². The van der Waals surface area contributed by atoms with Gasteiger partial charge in [-0.1, -0.05) is 0 Å². The summed E-state index contributed by atoms with van der Waals surface area (Å²) in [6.07, 6.45) is 3.28. The molecular formula is C12H24N2O. The second-order valence-corrected chi connectivity index (χ2v) is 5.63. The summed E-state index contributed by atoms with van der Waals surface area (Å²) in [4.78, 5) is 11.5. The van der Waals surface area contributed by atoms with Gasteiger partial charge in [-0.05, 0) is 46.5 Å². The molecule has 0 saturated heterocycles. The van der Waals surface area contributed by atoms with Gasteiger partial charge < -0.3 is 10.6 Å². The van der Waals surface area contributed by atoms with Crippen LogP contribution in [0.2, 0.25) is 0 Å². The molecule has 0 aromatic carbocycles. The molecule has 0 radical (unpaired) electrons. The summed E-state index contributed by atoms with van der Waals surface area (Å²) < 4.78 is 0. The number of nitrogens with one attached hydrogen (secondary N) is 2. The Balaban J connectivity index is 2.06.